The van der Waals surface area contributed by atoms with Crippen molar-refractivity contribution in [1.82, 2.24) is 10.2 Å². The Bertz CT molecular complexity index is 881. The van der Waals surface area contributed by atoms with Gasteiger partial charge in [-0.05, 0) is 80.4 Å². The van der Waals surface area contributed by atoms with E-state index in [0.717, 1.165) is 18.0 Å². The molecule has 1 atom stereocenters. The molecule has 4 rings (SSSR count). The van der Waals surface area contributed by atoms with Crippen molar-refractivity contribution in [3.05, 3.63) is 65.2 Å². The highest BCUT2D eigenvalue weighted by Crippen LogP contribution is 2.27. The van der Waals surface area contributed by atoms with Crippen LogP contribution in [0.2, 0.25) is 0 Å². The lowest BCUT2D eigenvalue weighted by Gasteiger charge is -2.25. The molecule has 1 unspecified atom stereocenters. The number of aliphatic imine (C=N–C) groups is 1. The summed E-state index contributed by atoms with van der Waals surface area (Å²) in [5.41, 5.74) is 4.09. The van der Waals surface area contributed by atoms with Crippen molar-refractivity contribution in [2.75, 3.05) is 13.1 Å². The number of nitrogens with one attached hydrogen (secondary N) is 1. The molecule has 0 aromatic heterocycles. The molecule has 1 aliphatic heterocycles. The molecule has 1 saturated heterocycles. The minimum atomic E-state index is 0.225. The standard InChI is InChI=1S/C24H28N4O/c25-18-27-24(29-23-6-2-1-3-7-23)26-17-19-8-9-20-10-12-22(13-11-21(20)16-19)28-14-4-5-15-28/h1-3,6-9,16,22H,4-5,10-15,17H2,(H,26,27). The molecule has 2 aromatic carbocycles. The molecule has 0 amide bonds. The SMILES string of the molecule is N#CNC(=NCc1ccc2c(c1)CCC(N1CCCC1)CC2)Oc1ccccc1. The van der Waals surface area contributed by atoms with Gasteiger partial charge in [0, 0.05) is 6.04 Å². The summed E-state index contributed by atoms with van der Waals surface area (Å²) < 4.78 is 5.69. The lowest BCUT2D eigenvalue weighted by molar-refractivity contribution is 0.222. The zero-order valence-corrected chi connectivity index (χ0v) is 16.8. The van der Waals surface area contributed by atoms with Crippen molar-refractivity contribution in [1.29, 1.82) is 5.26 Å². The third-order valence-electron chi connectivity index (χ3n) is 5.95. The first-order valence-corrected chi connectivity index (χ1v) is 10.6. The van der Waals surface area contributed by atoms with Crippen LogP contribution in [0.15, 0.2) is 53.5 Å². The highest BCUT2D eigenvalue weighted by Gasteiger charge is 2.24. The maximum Gasteiger partial charge on any atom is 0.304 e. The first kappa shape index (κ1) is 19.5. The van der Waals surface area contributed by atoms with E-state index in [4.69, 9.17) is 10.00 Å². The average Bonchev–Trinajstić information content (AvgIpc) is 3.20. The van der Waals surface area contributed by atoms with Gasteiger partial charge in [0.25, 0.3) is 0 Å². The smallest absolute Gasteiger partial charge is 0.304 e. The van der Waals surface area contributed by atoms with Crippen LogP contribution in [0.25, 0.3) is 0 Å². The van der Waals surface area contributed by atoms with Crippen LogP contribution in [0.5, 0.6) is 5.75 Å². The Balaban J connectivity index is 1.42. The first-order chi connectivity index (χ1) is 14.3. The summed E-state index contributed by atoms with van der Waals surface area (Å²) in [6.07, 6.45) is 9.44. The lowest BCUT2D eigenvalue weighted by atomic mass is 10.0. The second-order valence-electron chi connectivity index (χ2n) is 7.85. The molecule has 1 fully saturated rings. The van der Waals surface area contributed by atoms with Gasteiger partial charge in [-0.1, -0.05) is 36.4 Å². The van der Waals surface area contributed by atoms with Crippen molar-refractivity contribution in [2.24, 2.45) is 4.99 Å². The molecule has 2 aliphatic rings. The fourth-order valence-electron chi connectivity index (χ4n) is 4.42. The zero-order valence-electron chi connectivity index (χ0n) is 16.8. The van der Waals surface area contributed by atoms with Gasteiger partial charge < -0.3 is 9.64 Å². The number of ether oxygens (including phenoxy) is 1. The monoisotopic (exact) mass is 388 g/mol. The fourth-order valence-corrected chi connectivity index (χ4v) is 4.42. The van der Waals surface area contributed by atoms with E-state index in [-0.39, 0.29) is 6.02 Å². The second-order valence-corrected chi connectivity index (χ2v) is 7.85. The number of nitrogens with zero attached hydrogens (tertiary/aromatic N) is 3. The molecule has 5 heteroatoms. The van der Waals surface area contributed by atoms with E-state index < -0.39 is 0 Å². The van der Waals surface area contributed by atoms with E-state index >= 15 is 0 Å². The van der Waals surface area contributed by atoms with Crippen LogP contribution >= 0.6 is 0 Å². The Morgan fingerprint density at radius 1 is 1.07 bits per heavy atom. The zero-order chi connectivity index (χ0) is 19.9. The van der Waals surface area contributed by atoms with Gasteiger partial charge in [-0.2, -0.15) is 5.26 Å². The number of amidine groups is 1. The number of rotatable bonds is 4. The van der Waals surface area contributed by atoms with Crippen molar-refractivity contribution in [2.45, 2.75) is 51.1 Å². The maximum atomic E-state index is 8.99. The van der Waals surface area contributed by atoms with E-state index in [1.165, 1.54) is 56.3 Å². The molecule has 0 saturated carbocycles. The molecule has 1 N–H and O–H groups in total. The summed E-state index contributed by atoms with van der Waals surface area (Å²) in [7, 11) is 0. The normalized spacial score (nSPS) is 19.8. The second kappa shape index (κ2) is 9.58. The van der Waals surface area contributed by atoms with Gasteiger partial charge in [-0.25, -0.2) is 10.3 Å². The summed E-state index contributed by atoms with van der Waals surface area (Å²) in [6, 6.07) is 17.1. The Hall–Kier alpha value is -2.84. The Morgan fingerprint density at radius 2 is 1.83 bits per heavy atom. The number of likely N-dealkylation sites (tertiary alicyclic amines) is 1. The highest BCUT2D eigenvalue weighted by molar-refractivity contribution is 5.77. The van der Waals surface area contributed by atoms with Crippen molar-refractivity contribution >= 4 is 6.02 Å². The summed E-state index contributed by atoms with van der Waals surface area (Å²) in [6.45, 7) is 3.04. The van der Waals surface area contributed by atoms with E-state index in [0.29, 0.717) is 12.3 Å². The van der Waals surface area contributed by atoms with Crippen LogP contribution in [0, 0.1) is 11.5 Å². The van der Waals surface area contributed by atoms with Crippen LogP contribution in [0.1, 0.15) is 42.4 Å². The summed E-state index contributed by atoms with van der Waals surface area (Å²) >= 11 is 0. The van der Waals surface area contributed by atoms with Gasteiger partial charge in [0.05, 0.1) is 6.54 Å². The predicted molar refractivity (Wildman–Crippen MR) is 115 cm³/mol. The number of hydrogen-bond acceptors (Lipinski definition) is 4. The van der Waals surface area contributed by atoms with Gasteiger partial charge in [0.15, 0.2) is 6.19 Å². The molecule has 5 nitrogen and oxygen atoms in total. The van der Waals surface area contributed by atoms with Crippen LogP contribution in [-0.4, -0.2) is 30.1 Å². The largest absolute Gasteiger partial charge is 0.425 e. The quantitative estimate of drug-likeness (QED) is 0.282. The number of benzene rings is 2. The summed E-state index contributed by atoms with van der Waals surface area (Å²) in [5.74, 6) is 0.656. The van der Waals surface area contributed by atoms with Gasteiger partial charge in [-0.3, -0.25) is 0 Å². The summed E-state index contributed by atoms with van der Waals surface area (Å²) in [4.78, 5) is 7.17. The minimum absolute atomic E-state index is 0.225. The number of nitriles is 1. The molecule has 1 aliphatic carbocycles. The van der Waals surface area contributed by atoms with Crippen molar-refractivity contribution < 1.29 is 4.74 Å². The van der Waals surface area contributed by atoms with E-state index in [1.54, 1.807) is 0 Å². The van der Waals surface area contributed by atoms with Gasteiger partial charge in [-0.15, -0.1) is 0 Å². The molecule has 29 heavy (non-hydrogen) atoms. The first-order valence-electron chi connectivity index (χ1n) is 10.6. The lowest BCUT2D eigenvalue weighted by Crippen LogP contribution is -2.32. The average molecular weight is 389 g/mol. The van der Waals surface area contributed by atoms with Gasteiger partial charge in [0.1, 0.15) is 5.75 Å². The van der Waals surface area contributed by atoms with Crippen LogP contribution in [-0.2, 0) is 19.4 Å². The van der Waals surface area contributed by atoms with Gasteiger partial charge in [0.2, 0.25) is 0 Å². The number of para-hydroxylation sites is 1. The van der Waals surface area contributed by atoms with E-state index in [9.17, 15) is 0 Å². The molecule has 0 bridgehead atoms. The maximum absolute atomic E-state index is 8.99. The number of hydrogen-bond donors (Lipinski definition) is 1. The molecular formula is C24H28N4O. The van der Waals surface area contributed by atoms with E-state index in [1.807, 2.05) is 36.5 Å². The van der Waals surface area contributed by atoms with Gasteiger partial charge >= 0.3 is 6.02 Å². The minimum Gasteiger partial charge on any atom is -0.425 e. The third-order valence-corrected chi connectivity index (χ3v) is 5.95. The molecule has 2 aromatic rings. The van der Waals surface area contributed by atoms with Crippen LogP contribution < -0.4 is 10.1 Å². The number of fused-ring (bicyclic) bond motifs is 1. The Labute approximate surface area is 173 Å². The molecule has 150 valence electrons. The Kier molecular flexibility index (Phi) is 6.43. The highest BCUT2D eigenvalue weighted by atomic mass is 16.5. The third kappa shape index (κ3) is 5.16. The van der Waals surface area contributed by atoms with Crippen molar-refractivity contribution in [3.63, 3.8) is 0 Å². The molecule has 0 spiro atoms. The van der Waals surface area contributed by atoms with Crippen molar-refractivity contribution in [3.8, 4) is 11.9 Å². The van der Waals surface area contributed by atoms with E-state index in [2.05, 4.69) is 33.4 Å². The summed E-state index contributed by atoms with van der Waals surface area (Å²) in [5, 5.41) is 11.5. The topological polar surface area (TPSA) is 60.7 Å². The Morgan fingerprint density at radius 3 is 2.59 bits per heavy atom. The predicted octanol–water partition coefficient (Wildman–Crippen LogP) is 4.04. The van der Waals surface area contributed by atoms with Crippen LogP contribution in [0.3, 0.4) is 0 Å². The fraction of sp³-hybridized carbons (Fsp3) is 0.417. The molecule has 0 radical (unpaired) electrons. The molecular weight excluding hydrogens is 360 g/mol. The molecule has 1 heterocycles. The number of aryl methyl sites for hydroxylation is 2. The van der Waals surface area contributed by atoms with Crippen LogP contribution in [0.4, 0.5) is 0 Å².